The Balaban J connectivity index is 0.00000128. The number of rotatable bonds is 3. The Bertz CT molecular complexity index is 347. The molecule has 16 heavy (non-hydrogen) atoms. The lowest BCUT2D eigenvalue weighted by atomic mass is 9.79. The van der Waals surface area contributed by atoms with Crippen LogP contribution in [0.4, 0.5) is 0 Å². The van der Waals surface area contributed by atoms with Crippen molar-refractivity contribution in [1.82, 2.24) is 10.3 Å². The number of likely N-dealkylation sites (N-methyl/N-ethyl adjacent to an activating group) is 1. The zero-order valence-electron chi connectivity index (χ0n) is 10.3. The summed E-state index contributed by atoms with van der Waals surface area (Å²) in [6.45, 7) is 5.69. The van der Waals surface area contributed by atoms with Crippen LogP contribution in [0.3, 0.4) is 0 Å². The minimum Gasteiger partial charge on any atom is -0.319 e. The molecule has 0 atom stereocenters. The molecule has 1 aliphatic carbocycles. The number of nitrogens with zero attached hydrogens (tertiary/aromatic N) is 1. The van der Waals surface area contributed by atoms with Crippen LogP contribution in [0, 0.1) is 0 Å². The largest absolute Gasteiger partial charge is 0.319 e. The lowest BCUT2D eigenvalue weighted by Gasteiger charge is -2.28. The number of aromatic nitrogens is 1. The van der Waals surface area contributed by atoms with Crippen molar-refractivity contribution in [3.05, 3.63) is 15.6 Å². The van der Waals surface area contributed by atoms with Crippen molar-refractivity contribution in [3.63, 3.8) is 0 Å². The second-order valence-electron chi connectivity index (χ2n) is 4.97. The maximum Gasteiger partial charge on any atom is 0.0944 e. The molecule has 4 heteroatoms. The van der Waals surface area contributed by atoms with Gasteiger partial charge in [-0.1, -0.05) is 13.8 Å². The van der Waals surface area contributed by atoms with Gasteiger partial charge in [-0.05, 0) is 26.3 Å². The van der Waals surface area contributed by atoms with Gasteiger partial charge in [-0.3, -0.25) is 0 Å². The molecule has 0 saturated heterocycles. The summed E-state index contributed by atoms with van der Waals surface area (Å²) in [6, 6.07) is 0. The van der Waals surface area contributed by atoms with Crippen molar-refractivity contribution >= 4 is 23.7 Å². The molecule has 0 bridgehead atoms. The predicted molar refractivity (Wildman–Crippen MR) is 73.0 cm³/mol. The molecule has 0 aromatic carbocycles. The highest BCUT2D eigenvalue weighted by Crippen LogP contribution is 2.38. The summed E-state index contributed by atoms with van der Waals surface area (Å²) in [7, 11) is 2.00. The van der Waals surface area contributed by atoms with E-state index in [0.29, 0.717) is 5.41 Å². The number of thiazole rings is 1. The third kappa shape index (κ3) is 2.76. The van der Waals surface area contributed by atoms with Crippen LogP contribution in [0.15, 0.2) is 0 Å². The quantitative estimate of drug-likeness (QED) is 0.904. The van der Waals surface area contributed by atoms with Gasteiger partial charge in [-0.2, -0.15) is 0 Å². The van der Waals surface area contributed by atoms with Crippen LogP contribution < -0.4 is 5.32 Å². The minimum absolute atomic E-state index is 0. The Hall–Kier alpha value is -0.120. The number of hydrogen-bond acceptors (Lipinski definition) is 3. The van der Waals surface area contributed by atoms with Gasteiger partial charge in [0.05, 0.1) is 10.7 Å². The molecule has 1 aliphatic rings. The number of fused-ring (bicyclic) bond motifs is 1. The minimum atomic E-state index is 0. The predicted octanol–water partition coefficient (Wildman–Crippen LogP) is 2.94. The second kappa shape index (κ2) is 5.48. The molecule has 0 spiro atoms. The van der Waals surface area contributed by atoms with E-state index in [1.165, 1.54) is 34.8 Å². The molecule has 1 heterocycles. The van der Waals surface area contributed by atoms with Crippen LogP contribution in [-0.4, -0.2) is 18.6 Å². The van der Waals surface area contributed by atoms with E-state index in [1.807, 2.05) is 18.4 Å². The first kappa shape index (κ1) is 13.9. The van der Waals surface area contributed by atoms with Crippen molar-refractivity contribution in [2.45, 2.75) is 44.9 Å². The van der Waals surface area contributed by atoms with Gasteiger partial charge in [0, 0.05) is 23.3 Å². The molecule has 92 valence electrons. The van der Waals surface area contributed by atoms with Crippen LogP contribution in [-0.2, 0) is 18.3 Å². The Morgan fingerprint density at radius 1 is 1.44 bits per heavy atom. The van der Waals surface area contributed by atoms with Gasteiger partial charge in [0.15, 0.2) is 0 Å². The van der Waals surface area contributed by atoms with Crippen molar-refractivity contribution < 1.29 is 0 Å². The summed E-state index contributed by atoms with van der Waals surface area (Å²) < 4.78 is 0. The molecule has 0 radical (unpaired) electrons. The highest BCUT2D eigenvalue weighted by atomic mass is 35.5. The summed E-state index contributed by atoms with van der Waals surface area (Å²) in [5, 5.41) is 4.49. The number of nitrogens with one attached hydrogen (secondary N) is 1. The Kier molecular flexibility index (Phi) is 4.77. The highest BCUT2D eigenvalue weighted by molar-refractivity contribution is 7.11. The van der Waals surface area contributed by atoms with Gasteiger partial charge in [0.1, 0.15) is 0 Å². The Labute approximate surface area is 108 Å². The zero-order valence-corrected chi connectivity index (χ0v) is 11.9. The fourth-order valence-electron chi connectivity index (χ4n) is 2.25. The van der Waals surface area contributed by atoms with E-state index >= 15 is 0 Å². The molecule has 0 amide bonds. The summed E-state index contributed by atoms with van der Waals surface area (Å²) in [5.74, 6) is 0. The molecule has 2 rings (SSSR count). The van der Waals surface area contributed by atoms with Gasteiger partial charge in [0.2, 0.25) is 0 Å². The van der Waals surface area contributed by atoms with Crippen molar-refractivity contribution in [2.24, 2.45) is 0 Å². The summed E-state index contributed by atoms with van der Waals surface area (Å²) in [4.78, 5) is 6.36. The normalized spacial score (nSPS) is 17.7. The number of halogens is 1. The molecule has 1 aromatic rings. The van der Waals surface area contributed by atoms with E-state index in [2.05, 4.69) is 19.2 Å². The fourth-order valence-corrected chi connectivity index (χ4v) is 3.54. The molecule has 0 aliphatic heterocycles. The molecule has 2 nitrogen and oxygen atoms in total. The SMILES string of the molecule is CNCCc1nc2c(s1)CCCC2(C)C.Cl. The summed E-state index contributed by atoms with van der Waals surface area (Å²) in [6.07, 6.45) is 4.93. The van der Waals surface area contributed by atoms with E-state index in [0.717, 1.165) is 13.0 Å². The van der Waals surface area contributed by atoms with Gasteiger partial charge in [0.25, 0.3) is 0 Å². The standard InChI is InChI=1S/C12H20N2S.ClH/c1-12(2)7-4-5-9-11(12)14-10(15-9)6-8-13-3;/h13H,4-8H2,1-3H3;1H. The smallest absolute Gasteiger partial charge is 0.0944 e. The van der Waals surface area contributed by atoms with Crippen LogP contribution >= 0.6 is 23.7 Å². The average Bonchev–Trinajstić information content (AvgIpc) is 2.59. The second-order valence-corrected chi connectivity index (χ2v) is 6.14. The van der Waals surface area contributed by atoms with E-state index in [4.69, 9.17) is 4.98 Å². The Morgan fingerprint density at radius 2 is 2.19 bits per heavy atom. The van der Waals surface area contributed by atoms with Crippen LogP contribution in [0.25, 0.3) is 0 Å². The van der Waals surface area contributed by atoms with Crippen molar-refractivity contribution in [3.8, 4) is 0 Å². The average molecular weight is 261 g/mol. The van der Waals surface area contributed by atoms with Crippen LogP contribution in [0.5, 0.6) is 0 Å². The maximum absolute atomic E-state index is 4.82. The van der Waals surface area contributed by atoms with E-state index in [1.54, 1.807) is 0 Å². The first-order valence-corrected chi connectivity index (χ1v) is 6.59. The monoisotopic (exact) mass is 260 g/mol. The molecule has 1 aromatic heterocycles. The Morgan fingerprint density at radius 3 is 2.81 bits per heavy atom. The fraction of sp³-hybridized carbons (Fsp3) is 0.750. The third-order valence-electron chi connectivity index (χ3n) is 3.18. The van der Waals surface area contributed by atoms with E-state index in [9.17, 15) is 0 Å². The first-order valence-electron chi connectivity index (χ1n) is 5.77. The summed E-state index contributed by atoms with van der Waals surface area (Å²) >= 11 is 1.93. The molecule has 0 fully saturated rings. The summed E-state index contributed by atoms with van der Waals surface area (Å²) in [5.41, 5.74) is 1.69. The molecular weight excluding hydrogens is 240 g/mol. The van der Waals surface area contributed by atoms with Crippen LogP contribution in [0.2, 0.25) is 0 Å². The lowest BCUT2D eigenvalue weighted by Crippen LogP contribution is -2.23. The topological polar surface area (TPSA) is 24.9 Å². The molecule has 0 saturated carbocycles. The highest BCUT2D eigenvalue weighted by Gasteiger charge is 2.30. The van der Waals surface area contributed by atoms with Gasteiger partial charge < -0.3 is 5.32 Å². The molecular formula is C12H21ClN2S. The zero-order chi connectivity index (χ0) is 10.9. The van der Waals surface area contributed by atoms with Gasteiger partial charge in [-0.15, -0.1) is 23.7 Å². The van der Waals surface area contributed by atoms with E-state index in [-0.39, 0.29) is 12.4 Å². The van der Waals surface area contributed by atoms with Gasteiger partial charge >= 0.3 is 0 Å². The van der Waals surface area contributed by atoms with Crippen LogP contribution in [0.1, 0.15) is 42.3 Å². The molecule has 0 unspecified atom stereocenters. The third-order valence-corrected chi connectivity index (χ3v) is 4.35. The number of aryl methyl sites for hydroxylation is 1. The first-order chi connectivity index (χ1) is 7.13. The molecule has 1 N–H and O–H groups in total. The van der Waals surface area contributed by atoms with E-state index < -0.39 is 0 Å². The number of hydrogen-bond donors (Lipinski definition) is 1. The van der Waals surface area contributed by atoms with Gasteiger partial charge in [-0.25, -0.2) is 4.98 Å². The van der Waals surface area contributed by atoms with Crippen molar-refractivity contribution in [2.75, 3.05) is 13.6 Å². The maximum atomic E-state index is 4.82. The lowest BCUT2D eigenvalue weighted by molar-refractivity contribution is 0.423. The van der Waals surface area contributed by atoms with Crippen molar-refractivity contribution in [1.29, 1.82) is 0 Å².